The number of ether oxygens (including phenoxy) is 1. The van der Waals surface area contributed by atoms with Gasteiger partial charge < -0.3 is 4.74 Å². The lowest BCUT2D eigenvalue weighted by atomic mass is 10.1. The number of carbonyl (C=O) groups excluding carboxylic acids is 1. The second-order valence-electron chi connectivity index (χ2n) is 6.50. The molecule has 4 aromatic rings. The molecule has 0 saturated carbocycles. The molecular weight excluding hydrogens is 415 g/mol. The minimum atomic E-state index is -4.45. The first kappa shape index (κ1) is 19.9. The summed E-state index contributed by atoms with van der Waals surface area (Å²) in [6.07, 6.45) is -4.45. The second kappa shape index (κ2) is 7.80. The molecule has 0 atom stereocenters. The summed E-state index contributed by atoms with van der Waals surface area (Å²) in [4.78, 5) is 16.9. The van der Waals surface area contributed by atoms with Crippen LogP contribution in [0.15, 0.2) is 78.9 Å². The van der Waals surface area contributed by atoms with Crippen molar-refractivity contribution in [2.24, 2.45) is 0 Å². The number of fused-ring (bicyclic) bond motifs is 1. The number of nitrogens with zero attached hydrogens (tertiary/aromatic N) is 1. The van der Waals surface area contributed by atoms with E-state index in [-0.39, 0.29) is 5.75 Å². The van der Waals surface area contributed by atoms with E-state index in [1.54, 1.807) is 48.5 Å². The summed E-state index contributed by atoms with van der Waals surface area (Å²) in [5.74, 6) is -0.383. The molecule has 0 amide bonds. The number of para-hydroxylation sites is 1. The molecule has 7 heteroatoms. The maximum Gasteiger partial charge on any atom is 0.416 e. The number of alkyl halides is 3. The number of pyridine rings is 1. The van der Waals surface area contributed by atoms with Crippen molar-refractivity contribution in [2.75, 3.05) is 0 Å². The molecule has 0 saturated heterocycles. The second-order valence-corrected chi connectivity index (χ2v) is 6.94. The van der Waals surface area contributed by atoms with Crippen LogP contribution >= 0.6 is 11.6 Å². The number of halogens is 4. The Labute approximate surface area is 174 Å². The predicted octanol–water partition coefficient (Wildman–Crippen LogP) is 6.79. The fourth-order valence-corrected chi connectivity index (χ4v) is 3.09. The highest BCUT2D eigenvalue weighted by Gasteiger charge is 2.30. The zero-order valence-electron chi connectivity index (χ0n) is 15.3. The first-order valence-electron chi connectivity index (χ1n) is 8.86. The average molecular weight is 428 g/mol. The van der Waals surface area contributed by atoms with Gasteiger partial charge in [0.2, 0.25) is 0 Å². The fraction of sp³-hybridized carbons (Fsp3) is 0.0435. The van der Waals surface area contributed by atoms with Crippen LogP contribution in [0.4, 0.5) is 13.2 Å². The molecule has 150 valence electrons. The number of hydrogen-bond donors (Lipinski definition) is 0. The van der Waals surface area contributed by atoms with Crippen molar-refractivity contribution < 1.29 is 22.7 Å². The van der Waals surface area contributed by atoms with Gasteiger partial charge in [0.05, 0.1) is 16.8 Å². The first-order chi connectivity index (χ1) is 14.3. The Hall–Kier alpha value is -3.38. The van der Waals surface area contributed by atoms with Crippen LogP contribution in [0.5, 0.6) is 5.75 Å². The Bertz CT molecular complexity index is 1240. The lowest BCUT2D eigenvalue weighted by Crippen LogP contribution is -2.09. The third kappa shape index (κ3) is 4.14. The van der Waals surface area contributed by atoms with Crippen molar-refractivity contribution >= 4 is 28.5 Å². The Balaban J connectivity index is 1.72. The largest absolute Gasteiger partial charge is 0.421 e. The van der Waals surface area contributed by atoms with Gasteiger partial charge in [-0.25, -0.2) is 9.78 Å². The molecule has 3 nitrogen and oxygen atoms in total. The van der Waals surface area contributed by atoms with E-state index in [9.17, 15) is 18.0 Å². The maximum absolute atomic E-state index is 13.0. The van der Waals surface area contributed by atoms with Crippen LogP contribution in [0.25, 0.3) is 22.2 Å². The third-order valence-electron chi connectivity index (χ3n) is 4.45. The molecule has 0 fully saturated rings. The number of esters is 1. The summed E-state index contributed by atoms with van der Waals surface area (Å²) >= 11 is 5.84. The van der Waals surface area contributed by atoms with Gasteiger partial charge in [0.15, 0.2) is 5.75 Å². The number of carbonyl (C=O) groups is 1. The molecule has 1 aromatic heterocycles. The van der Waals surface area contributed by atoms with Gasteiger partial charge in [0.1, 0.15) is 5.52 Å². The molecule has 0 aliphatic heterocycles. The van der Waals surface area contributed by atoms with E-state index in [0.29, 0.717) is 32.7 Å². The van der Waals surface area contributed by atoms with E-state index in [1.165, 1.54) is 18.2 Å². The molecule has 30 heavy (non-hydrogen) atoms. The van der Waals surface area contributed by atoms with Crippen LogP contribution in [0.2, 0.25) is 5.02 Å². The Morgan fingerprint density at radius 2 is 1.63 bits per heavy atom. The summed E-state index contributed by atoms with van der Waals surface area (Å²) in [6, 6.07) is 19.6. The molecule has 1 heterocycles. The summed E-state index contributed by atoms with van der Waals surface area (Å²) in [7, 11) is 0. The topological polar surface area (TPSA) is 39.2 Å². The van der Waals surface area contributed by atoms with Crippen LogP contribution in [0.3, 0.4) is 0 Å². The van der Waals surface area contributed by atoms with Crippen LogP contribution in [-0.4, -0.2) is 11.0 Å². The summed E-state index contributed by atoms with van der Waals surface area (Å²) in [5.41, 5.74) is 0.568. The van der Waals surface area contributed by atoms with E-state index in [4.69, 9.17) is 16.3 Å². The van der Waals surface area contributed by atoms with Gasteiger partial charge in [0.25, 0.3) is 0 Å². The van der Waals surface area contributed by atoms with Gasteiger partial charge in [-0.05, 0) is 48.5 Å². The molecule has 0 radical (unpaired) electrons. The molecule has 3 aromatic carbocycles. The highest BCUT2D eigenvalue weighted by atomic mass is 35.5. The lowest BCUT2D eigenvalue weighted by Gasteiger charge is -2.11. The number of hydrogen-bond acceptors (Lipinski definition) is 3. The zero-order chi connectivity index (χ0) is 21.3. The molecular formula is C23H13ClF3NO2. The quantitative estimate of drug-likeness (QED) is 0.267. The van der Waals surface area contributed by atoms with Gasteiger partial charge in [0, 0.05) is 16.0 Å². The minimum absolute atomic E-state index is 0.210. The van der Waals surface area contributed by atoms with Crippen molar-refractivity contribution in [3.8, 4) is 17.0 Å². The smallest absolute Gasteiger partial charge is 0.416 e. The molecule has 0 aliphatic rings. The van der Waals surface area contributed by atoms with E-state index < -0.39 is 17.7 Å². The first-order valence-corrected chi connectivity index (χ1v) is 9.24. The highest BCUT2D eigenvalue weighted by Crippen LogP contribution is 2.33. The number of benzene rings is 3. The molecule has 0 unspecified atom stereocenters. The van der Waals surface area contributed by atoms with Gasteiger partial charge in [-0.1, -0.05) is 41.9 Å². The SMILES string of the molecule is O=C(Oc1cccc2ccc(-c3cccc(C(F)(F)F)c3)nc12)c1ccc(Cl)cc1. The molecule has 0 N–H and O–H groups in total. The molecule has 0 spiro atoms. The summed E-state index contributed by atoms with van der Waals surface area (Å²) < 4.78 is 44.6. The standard InChI is InChI=1S/C23H13ClF3NO2/c24-18-10-7-15(8-11-18)22(29)30-20-6-2-3-14-9-12-19(28-21(14)20)16-4-1-5-17(13-16)23(25,26)27/h1-13H. The summed E-state index contributed by atoms with van der Waals surface area (Å²) in [6.45, 7) is 0. The highest BCUT2D eigenvalue weighted by molar-refractivity contribution is 6.30. The lowest BCUT2D eigenvalue weighted by molar-refractivity contribution is -0.137. The molecule has 4 rings (SSSR count). The Morgan fingerprint density at radius 1 is 0.900 bits per heavy atom. The van der Waals surface area contributed by atoms with Crippen molar-refractivity contribution in [3.05, 3.63) is 95.0 Å². The van der Waals surface area contributed by atoms with E-state index >= 15 is 0 Å². The number of rotatable bonds is 3. The minimum Gasteiger partial charge on any atom is -0.421 e. The van der Waals surface area contributed by atoms with Crippen LogP contribution in [0.1, 0.15) is 15.9 Å². The molecule has 0 aliphatic carbocycles. The maximum atomic E-state index is 13.0. The fourth-order valence-electron chi connectivity index (χ4n) is 2.96. The van der Waals surface area contributed by atoms with Crippen LogP contribution in [0, 0.1) is 0 Å². The average Bonchev–Trinajstić information content (AvgIpc) is 2.73. The van der Waals surface area contributed by atoms with E-state index in [1.807, 2.05) is 0 Å². The van der Waals surface area contributed by atoms with Gasteiger partial charge in [-0.15, -0.1) is 0 Å². The van der Waals surface area contributed by atoms with Crippen molar-refractivity contribution in [1.82, 2.24) is 4.98 Å². The Morgan fingerprint density at radius 3 is 2.37 bits per heavy atom. The zero-order valence-corrected chi connectivity index (χ0v) is 16.0. The van der Waals surface area contributed by atoms with Crippen LogP contribution in [-0.2, 0) is 6.18 Å². The Kier molecular flexibility index (Phi) is 5.18. The summed E-state index contributed by atoms with van der Waals surface area (Å²) in [5, 5.41) is 1.18. The van der Waals surface area contributed by atoms with Gasteiger partial charge >= 0.3 is 12.1 Å². The van der Waals surface area contributed by atoms with Gasteiger partial charge in [-0.2, -0.15) is 13.2 Å². The molecule has 0 bridgehead atoms. The van der Waals surface area contributed by atoms with Crippen LogP contribution < -0.4 is 4.74 Å². The van der Waals surface area contributed by atoms with E-state index in [0.717, 1.165) is 12.1 Å². The normalized spacial score (nSPS) is 11.5. The van der Waals surface area contributed by atoms with Crippen molar-refractivity contribution in [3.63, 3.8) is 0 Å². The van der Waals surface area contributed by atoms with Crippen molar-refractivity contribution in [2.45, 2.75) is 6.18 Å². The third-order valence-corrected chi connectivity index (χ3v) is 4.70. The van der Waals surface area contributed by atoms with Gasteiger partial charge in [-0.3, -0.25) is 0 Å². The monoisotopic (exact) mass is 427 g/mol. The predicted molar refractivity (Wildman–Crippen MR) is 109 cm³/mol. The number of aromatic nitrogens is 1. The van der Waals surface area contributed by atoms with Crippen molar-refractivity contribution in [1.29, 1.82) is 0 Å². The van der Waals surface area contributed by atoms with E-state index in [2.05, 4.69) is 4.98 Å².